The van der Waals surface area contributed by atoms with Crippen molar-refractivity contribution in [1.29, 1.82) is 0 Å². The van der Waals surface area contributed by atoms with Crippen molar-refractivity contribution in [1.82, 2.24) is 4.90 Å². The molecular weight excluding hydrogens is 226 g/mol. The molecule has 104 valence electrons. The van der Waals surface area contributed by atoms with E-state index in [1.807, 2.05) is 27.7 Å². The Labute approximate surface area is 111 Å². The zero-order chi connectivity index (χ0) is 13.7. The molecule has 1 aliphatic rings. The fourth-order valence-corrected chi connectivity index (χ4v) is 2.56. The molecule has 0 unspecified atom stereocenters. The van der Waals surface area contributed by atoms with Gasteiger partial charge in [-0.3, -0.25) is 0 Å². The second-order valence-corrected chi connectivity index (χ2v) is 5.74. The molecule has 0 aromatic heterocycles. The zero-order valence-corrected chi connectivity index (χ0v) is 12.5. The summed E-state index contributed by atoms with van der Waals surface area (Å²) in [5.74, 6) is 0. The average Bonchev–Trinajstić information content (AvgIpc) is 2.27. The minimum absolute atomic E-state index is 0.180. The third kappa shape index (κ3) is 4.04. The Morgan fingerprint density at radius 2 is 1.72 bits per heavy atom. The van der Waals surface area contributed by atoms with Crippen molar-refractivity contribution in [2.75, 3.05) is 6.61 Å². The van der Waals surface area contributed by atoms with Gasteiger partial charge in [-0.2, -0.15) is 0 Å². The first-order chi connectivity index (χ1) is 8.43. The SMILES string of the molecule is CC1=C(COC(=O)N(C(C)C)C(C)C)CCCC1. The number of amides is 1. The topological polar surface area (TPSA) is 29.5 Å². The van der Waals surface area contributed by atoms with E-state index in [0.717, 1.165) is 12.8 Å². The first-order valence-corrected chi connectivity index (χ1v) is 7.06. The predicted octanol–water partition coefficient (Wildman–Crippen LogP) is 4.13. The van der Waals surface area contributed by atoms with Gasteiger partial charge in [0.25, 0.3) is 0 Å². The smallest absolute Gasteiger partial charge is 0.410 e. The number of carbonyl (C=O) groups is 1. The number of hydrogen-bond donors (Lipinski definition) is 0. The largest absolute Gasteiger partial charge is 0.445 e. The van der Waals surface area contributed by atoms with Gasteiger partial charge in [-0.15, -0.1) is 0 Å². The Balaban J connectivity index is 2.54. The highest BCUT2D eigenvalue weighted by molar-refractivity contribution is 5.68. The molecule has 0 heterocycles. The summed E-state index contributed by atoms with van der Waals surface area (Å²) in [6.45, 7) is 10.7. The van der Waals surface area contributed by atoms with E-state index in [1.54, 1.807) is 4.90 Å². The molecule has 0 fully saturated rings. The van der Waals surface area contributed by atoms with E-state index in [1.165, 1.54) is 24.0 Å². The van der Waals surface area contributed by atoms with Gasteiger partial charge in [0, 0.05) is 12.1 Å². The van der Waals surface area contributed by atoms with Gasteiger partial charge < -0.3 is 9.64 Å². The van der Waals surface area contributed by atoms with Gasteiger partial charge in [0.05, 0.1) is 0 Å². The van der Waals surface area contributed by atoms with Crippen molar-refractivity contribution in [3.05, 3.63) is 11.1 Å². The number of rotatable bonds is 4. The monoisotopic (exact) mass is 253 g/mol. The molecule has 3 heteroatoms. The van der Waals surface area contributed by atoms with Crippen LogP contribution in [0.25, 0.3) is 0 Å². The predicted molar refractivity (Wildman–Crippen MR) is 74.6 cm³/mol. The van der Waals surface area contributed by atoms with Crippen LogP contribution in [0.2, 0.25) is 0 Å². The lowest BCUT2D eigenvalue weighted by Gasteiger charge is -2.30. The number of hydrogen-bond acceptors (Lipinski definition) is 2. The van der Waals surface area contributed by atoms with Gasteiger partial charge in [-0.1, -0.05) is 5.57 Å². The molecule has 1 amide bonds. The highest BCUT2D eigenvalue weighted by Gasteiger charge is 2.22. The molecule has 0 radical (unpaired) electrons. The lowest BCUT2D eigenvalue weighted by atomic mass is 9.93. The summed E-state index contributed by atoms with van der Waals surface area (Å²) in [5, 5.41) is 0. The molecule has 0 bridgehead atoms. The van der Waals surface area contributed by atoms with Crippen LogP contribution in [-0.2, 0) is 4.74 Å². The minimum Gasteiger partial charge on any atom is -0.445 e. The van der Waals surface area contributed by atoms with Crippen molar-refractivity contribution in [2.45, 2.75) is 72.4 Å². The number of nitrogens with zero attached hydrogens (tertiary/aromatic N) is 1. The molecule has 0 spiro atoms. The van der Waals surface area contributed by atoms with Gasteiger partial charge in [0.2, 0.25) is 0 Å². The van der Waals surface area contributed by atoms with Crippen LogP contribution in [0.4, 0.5) is 4.79 Å². The van der Waals surface area contributed by atoms with E-state index in [2.05, 4.69) is 6.92 Å². The molecule has 0 aromatic rings. The summed E-state index contributed by atoms with van der Waals surface area (Å²) in [6.07, 6.45) is 4.55. The lowest BCUT2D eigenvalue weighted by molar-refractivity contribution is 0.0848. The normalized spacial score (nSPS) is 16.4. The number of allylic oxidation sites excluding steroid dienone is 1. The molecule has 0 saturated carbocycles. The van der Waals surface area contributed by atoms with Crippen LogP contribution in [-0.4, -0.2) is 29.7 Å². The maximum Gasteiger partial charge on any atom is 0.410 e. The van der Waals surface area contributed by atoms with E-state index in [0.29, 0.717) is 6.61 Å². The van der Waals surface area contributed by atoms with Crippen molar-refractivity contribution in [2.24, 2.45) is 0 Å². The molecule has 3 nitrogen and oxygen atoms in total. The van der Waals surface area contributed by atoms with Crippen LogP contribution in [0.5, 0.6) is 0 Å². The van der Waals surface area contributed by atoms with E-state index in [4.69, 9.17) is 4.74 Å². The second-order valence-electron chi connectivity index (χ2n) is 5.74. The first-order valence-electron chi connectivity index (χ1n) is 7.06. The van der Waals surface area contributed by atoms with E-state index in [9.17, 15) is 4.79 Å². The summed E-state index contributed by atoms with van der Waals surface area (Å²) >= 11 is 0. The summed E-state index contributed by atoms with van der Waals surface area (Å²) in [4.78, 5) is 13.8. The maximum atomic E-state index is 12.1. The highest BCUT2D eigenvalue weighted by atomic mass is 16.6. The van der Waals surface area contributed by atoms with Crippen molar-refractivity contribution < 1.29 is 9.53 Å². The van der Waals surface area contributed by atoms with Crippen molar-refractivity contribution in [3.8, 4) is 0 Å². The van der Waals surface area contributed by atoms with Gasteiger partial charge in [-0.05, 0) is 65.9 Å². The fourth-order valence-electron chi connectivity index (χ4n) is 2.56. The fraction of sp³-hybridized carbons (Fsp3) is 0.800. The minimum atomic E-state index is -0.189. The van der Waals surface area contributed by atoms with Crippen LogP contribution in [0, 0.1) is 0 Å². The Hall–Kier alpha value is -0.990. The van der Waals surface area contributed by atoms with Crippen molar-refractivity contribution in [3.63, 3.8) is 0 Å². The highest BCUT2D eigenvalue weighted by Crippen LogP contribution is 2.24. The molecule has 18 heavy (non-hydrogen) atoms. The third-order valence-electron chi connectivity index (χ3n) is 3.58. The molecule has 0 atom stereocenters. The van der Waals surface area contributed by atoms with Gasteiger partial charge in [-0.25, -0.2) is 4.79 Å². The van der Waals surface area contributed by atoms with Crippen LogP contribution >= 0.6 is 0 Å². The summed E-state index contributed by atoms with van der Waals surface area (Å²) in [6, 6.07) is 0.359. The zero-order valence-electron chi connectivity index (χ0n) is 12.5. The van der Waals surface area contributed by atoms with Gasteiger partial charge in [0.15, 0.2) is 0 Å². The van der Waals surface area contributed by atoms with Crippen LogP contribution < -0.4 is 0 Å². The molecule has 1 aliphatic carbocycles. The van der Waals surface area contributed by atoms with E-state index in [-0.39, 0.29) is 18.2 Å². The quantitative estimate of drug-likeness (QED) is 0.705. The summed E-state index contributed by atoms with van der Waals surface area (Å²) in [7, 11) is 0. The van der Waals surface area contributed by atoms with Gasteiger partial charge in [0.1, 0.15) is 6.61 Å². The Morgan fingerprint density at radius 3 is 2.22 bits per heavy atom. The van der Waals surface area contributed by atoms with E-state index < -0.39 is 0 Å². The average molecular weight is 253 g/mol. The van der Waals surface area contributed by atoms with Crippen LogP contribution in [0.1, 0.15) is 60.3 Å². The summed E-state index contributed by atoms with van der Waals surface area (Å²) in [5.41, 5.74) is 2.73. The second kappa shape index (κ2) is 6.81. The standard InChI is InChI=1S/C15H27NO2/c1-11(2)16(12(3)4)15(17)18-10-14-9-7-6-8-13(14)5/h11-12H,6-10H2,1-5H3. The molecule has 0 saturated heterocycles. The third-order valence-corrected chi connectivity index (χ3v) is 3.58. The molecule has 0 N–H and O–H groups in total. The molecular formula is C15H27NO2. The number of ether oxygens (including phenoxy) is 1. The van der Waals surface area contributed by atoms with E-state index >= 15 is 0 Å². The van der Waals surface area contributed by atoms with Crippen molar-refractivity contribution >= 4 is 6.09 Å². The Bertz CT molecular complexity index is 310. The molecule has 0 aromatic carbocycles. The first kappa shape index (κ1) is 15.1. The molecule has 0 aliphatic heterocycles. The summed E-state index contributed by atoms with van der Waals surface area (Å²) < 4.78 is 5.47. The van der Waals surface area contributed by atoms with Crippen LogP contribution in [0.15, 0.2) is 11.1 Å². The Morgan fingerprint density at radius 1 is 1.17 bits per heavy atom. The molecule has 1 rings (SSSR count). The van der Waals surface area contributed by atoms with Crippen LogP contribution in [0.3, 0.4) is 0 Å². The Kier molecular flexibility index (Phi) is 5.70. The van der Waals surface area contributed by atoms with Gasteiger partial charge >= 0.3 is 6.09 Å². The number of carbonyl (C=O) groups excluding carboxylic acids is 1. The maximum absolute atomic E-state index is 12.1. The lowest BCUT2D eigenvalue weighted by Crippen LogP contribution is -2.42.